The third kappa shape index (κ3) is 21.4. The van der Waals surface area contributed by atoms with Crippen molar-refractivity contribution >= 4 is 17.9 Å². The van der Waals surface area contributed by atoms with Crippen molar-refractivity contribution in [3.8, 4) is 0 Å². The zero-order valence-corrected chi connectivity index (χ0v) is 26.8. The van der Waals surface area contributed by atoms with Gasteiger partial charge >= 0.3 is 17.9 Å². The van der Waals surface area contributed by atoms with E-state index in [0.717, 1.165) is 0 Å². The van der Waals surface area contributed by atoms with Crippen LogP contribution in [0.3, 0.4) is 0 Å². The molecule has 1 rings (SSSR count). The van der Waals surface area contributed by atoms with E-state index in [-0.39, 0.29) is 46.1 Å². The lowest BCUT2D eigenvalue weighted by Crippen LogP contribution is -2.54. The van der Waals surface area contributed by atoms with Gasteiger partial charge in [-0.2, -0.15) is 0 Å². The van der Waals surface area contributed by atoms with E-state index in [1.807, 2.05) is 4.90 Å². The number of aliphatic carboxylic acids is 3. The standard InChI is InChI=1S/C28H54N4O13/c1-40-11-13-42-15-17-44-22-24(25(33)23-45-18-16-43-14-12-41-2)32-9-7-30(20-27(36)37)5-3-29(19-26(34)35)4-6-31(8-10-32)21-28(38)39/h24-25,33H,3-23H2,1-2H3,(H,34,35)(H,36,37)(H,38,39). The predicted octanol–water partition coefficient (Wildman–Crippen LogP) is -2.45. The van der Waals surface area contributed by atoms with E-state index in [2.05, 4.69) is 0 Å². The second-order valence-electron chi connectivity index (χ2n) is 10.5. The van der Waals surface area contributed by atoms with Gasteiger partial charge in [0.05, 0.1) is 97.8 Å². The van der Waals surface area contributed by atoms with Gasteiger partial charge in [-0.05, 0) is 0 Å². The van der Waals surface area contributed by atoms with E-state index in [4.69, 9.17) is 28.4 Å². The lowest BCUT2D eigenvalue weighted by atomic mass is 10.1. The molecule has 0 aromatic rings. The highest BCUT2D eigenvalue weighted by molar-refractivity contribution is 5.69. The molecule has 4 N–H and O–H groups in total. The van der Waals surface area contributed by atoms with Crippen molar-refractivity contribution in [2.45, 2.75) is 12.1 Å². The summed E-state index contributed by atoms with van der Waals surface area (Å²) in [7, 11) is 3.16. The summed E-state index contributed by atoms with van der Waals surface area (Å²) in [5, 5.41) is 39.7. The Bertz CT molecular complexity index is 766. The SMILES string of the molecule is COCCOCCOCC(O)C(COCCOCCOC)N1CCN(CC(=O)O)CCN(CC(=O)O)CCN(CC(=O)O)CC1. The topological polar surface area (TPSA) is 200 Å². The molecule has 0 aliphatic carbocycles. The van der Waals surface area contributed by atoms with Crippen LogP contribution in [-0.2, 0) is 42.8 Å². The van der Waals surface area contributed by atoms with E-state index in [9.17, 15) is 34.8 Å². The summed E-state index contributed by atoms with van der Waals surface area (Å²) in [6.45, 7) is 4.77. The summed E-state index contributed by atoms with van der Waals surface area (Å²) < 4.78 is 32.4. The Hall–Kier alpha value is -2.03. The molecular formula is C28H54N4O13. The minimum Gasteiger partial charge on any atom is -0.480 e. The van der Waals surface area contributed by atoms with Crippen molar-refractivity contribution in [3.63, 3.8) is 0 Å². The van der Waals surface area contributed by atoms with E-state index in [1.54, 1.807) is 28.9 Å². The van der Waals surface area contributed by atoms with Gasteiger partial charge in [0.1, 0.15) is 0 Å². The quantitative estimate of drug-likeness (QED) is 0.0799. The molecule has 1 saturated heterocycles. The van der Waals surface area contributed by atoms with E-state index >= 15 is 0 Å². The second-order valence-corrected chi connectivity index (χ2v) is 10.5. The van der Waals surface area contributed by atoms with E-state index < -0.39 is 30.1 Å². The van der Waals surface area contributed by atoms with Gasteiger partial charge in [0, 0.05) is 66.6 Å². The van der Waals surface area contributed by atoms with E-state index in [0.29, 0.717) is 92.0 Å². The number of rotatable bonds is 24. The van der Waals surface area contributed by atoms with Crippen molar-refractivity contribution in [1.82, 2.24) is 19.6 Å². The molecule has 0 aromatic heterocycles. The van der Waals surface area contributed by atoms with Crippen LogP contribution in [0.5, 0.6) is 0 Å². The van der Waals surface area contributed by atoms with Gasteiger partial charge in [0.2, 0.25) is 0 Å². The Labute approximate surface area is 265 Å². The Morgan fingerprint density at radius 3 is 1.24 bits per heavy atom. The number of carboxylic acids is 3. The van der Waals surface area contributed by atoms with Crippen LogP contribution in [0.4, 0.5) is 0 Å². The molecule has 0 spiro atoms. The maximum atomic E-state index is 11.6. The van der Waals surface area contributed by atoms with Gasteiger partial charge in [0.25, 0.3) is 0 Å². The number of aliphatic hydroxyl groups excluding tert-OH is 1. The molecule has 0 radical (unpaired) electrons. The van der Waals surface area contributed by atoms with Crippen molar-refractivity contribution in [2.24, 2.45) is 0 Å². The number of carboxylic acid groups (broad SMARTS) is 3. The smallest absolute Gasteiger partial charge is 0.317 e. The van der Waals surface area contributed by atoms with Crippen LogP contribution < -0.4 is 0 Å². The molecule has 1 aliphatic heterocycles. The molecule has 17 nitrogen and oxygen atoms in total. The van der Waals surface area contributed by atoms with Crippen LogP contribution in [0.25, 0.3) is 0 Å². The number of hydrogen-bond donors (Lipinski definition) is 4. The fourth-order valence-electron chi connectivity index (χ4n) is 4.64. The number of aliphatic hydroxyl groups is 1. The number of hydrogen-bond acceptors (Lipinski definition) is 14. The Morgan fingerprint density at radius 1 is 0.533 bits per heavy atom. The van der Waals surface area contributed by atoms with Gasteiger partial charge < -0.3 is 48.8 Å². The lowest BCUT2D eigenvalue weighted by molar-refractivity contribution is -0.140. The number of nitrogens with zero attached hydrogens (tertiary/aromatic N) is 4. The first-order chi connectivity index (χ1) is 21.7. The summed E-state index contributed by atoms with van der Waals surface area (Å²) in [5.74, 6) is -3.05. The fraction of sp³-hybridized carbons (Fsp3) is 0.893. The largest absolute Gasteiger partial charge is 0.480 e. The van der Waals surface area contributed by atoms with Gasteiger partial charge in [0.15, 0.2) is 0 Å². The maximum absolute atomic E-state index is 11.6. The first kappa shape index (κ1) is 41.0. The van der Waals surface area contributed by atoms with Crippen LogP contribution in [-0.4, -0.2) is 222 Å². The zero-order valence-electron chi connectivity index (χ0n) is 26.8. The molecular weight excluding hydrogens is 600 g/mol. The highest BCUT2D eigenvalue weighted by Gasteiger charge is 2.29. The monoisotopic (exact) mass is 654 g/mol. The maximum Gasteiger partial charge on any atom is 0.317 e. The first-order valence-corrected chi connectivity index (χ1v) is 15.2. The van der Waals surface area contributed by atoms with Gasteiger partial charge in [-0.1, -0.05) is 0 Å². The van der Waals surface area contributed by atoms with Crippen LogP contribution in [0.15, 0.2) is 0 Å². The van der Waals surface area contributed by atoms with Crippen LogP contribution in [0.2, 0.25) is 0 Å². The normalized spacial score (nSPS) is 18.2. The molecule has 0 bridgehead atoms. The van der Waals surface area contributed by atoms with Gasteiger partial charge in [-0.3, -0.25) is 34.0 Å². The molecule has 264 valence electrons. The molecule has 0 aromatic carbocycles. The molecule has 0 amide bonds. The van der Waals surface area contributed by atoms with Gasteiger partial charge in [-0.15, -0.1) is 0 Å². The third-order valence-electron chi connectivity index (χ3n) is 7.05. The molecule has 1 heterocycles. The number of methoxy groups -OCH3 is 2. The first-order valence-electron chi connectivity index (χ1n) is 15.2. The van der Waals surface area contributed by atoms with Crippen LogP contribution in [0, 0.1) is 0 Å². The molecule has 45 heavy (non-hydrogen) atoms. The average molecular weight is 655 g/mol. The van der Waals surface area contributed by atoms with Crippen molar-refractivity contribution in [3.05, 3.63) is 0 Å². The van der Waals surface area contributed by atoms with Gasteiger partial charge in [-0.25, -0.2) is 0 Å². The molecule has 17 heteroatoms. The minimum atomic E-state index is -1.02. The second kappa shape index (κ2) is 26.1. The lowest BCUT2D eigenvalue weighted by Gasteiger charge is -2.38. The molecule has 0 saturated carbocycles. The minimum absolute atomic E-state index is 0.00959. The predicted molar refractivity (Wildman–Crippen MR) is 161 cm³/mol. The summed E-state index contributed by atoms with van der Waals surface area (Å²) >= 11 is 0. The van der Waals surface area contributed by atoms with E-state index in [1.165, 1.54) is 0 Å². The van der Waals surface area contributed by atoms with Crippen molar-refractivity contribution in [2.75, 3.05) is 152 Å². The van der Waals surface area contributed by atoms with Crippen LogP contribution >= 0.6 is 0 Å². The average Bonchev–Trinajstić information content (AvgIpc) is 2.97. The Kier molecular flexibility index (Phi) is 23.8. The molecule has 2 atom stereocenters. The highest BCUT2D eigenvalue weighted by Crippen LogP contribution is 2.10. The summed E-state index contributed by atoms with van der Waals surface area (Å²) in [6.07, 6.45) is -0.988. The zero-order chi connectivity index (χ0) is 33.3. The molecule has 1 aliphatic rings. The summed E-state index contributed by atoms with van der Waals surface area (Å²) in [6, 6.07) is -0.566. The summed E-state index contributed by atoms with van der Waals surface area (Å²) in [4.78, 5) is 41.8. The highest BCUT2D eigenvalue weighted by atomic mass is 16.5. The molecule has 1 fully saturated rings. The number of ether oxygens (including phenoxy) is 6. The Balaban J connectivity index is 3.08. The third-order valence-corrected chi connectivity index (χ3v) is 7.05. The number of carbonyl (C=O) groups is 3. The summed E-state index contributed by atoms with van der Waals surface area (Å²) in [5.41, 5.74) is 0. The van der Waals surface area contributed by atoms with Crippen molar-refractivity contribution < 1.29 is 63.2 Å². The van der Waals surface area contributed by atoms with Crippen LogP contribution in [0.1, 0.15) is 0 Å². The van der Waals surface area contributed by atoms with Crippen molar-refractivity contribution in [1.29, 1.82) is 0 Å². The Morgan fingerprint density at radius 2 is 0.867 bits per heavy atom. The molecule has 2 unspecified atom stereocenters. The fourth-order valence-corrected chi connectivity index (χ4v) is 4.64.